The normalized spacial score (nSPS) is 11.5. The number of hydrogen-bond acceptors (Lipinski definition) is 5. The molecule has 0 fully saturated rings. The maximum atomic E-state index is 13.0. The Bertz CT molecular complexity index is 1390. The summed E-state index contributed by atoms with van der Waals surface area (Å²) in [6, 6.07) is 3.85. The van der Waals surface area contributed by atoms with Crippen LogP contribution in [0, 0.1) is 6.92 Å². The van der Waals surface area contributed by atoms with Crippen molar-refractivity contribution in [2.45, 2.75) is 6.92 Å². The van der Waals surface area contributed by atoms with E-state index >= 15 is 0 Å². The molecule has 9 heteroatoms. The van der Waals surface area contributed by atoms with Crippen molar-refractivity contribution in [1.82, 2.24) is 34.3 Å². The highest BCUT2D eigenvalue weighted by atomic mass is 16.5. The average Bonchev–Trinajstić information content (AvgIpc) is 3.42. The molecule has 5 aromatic rings. The third-order valence-electron chi connectivity index (χ3n) is 4.94. The van der Waals surface area contributed by atoms with Crippen molar-refractivity contribution in [2.24, 2.45) is 7.05 Å². The summed E-state index contributed by atoms with van der Waals surface area (Å²) >= 11 is 0. The molecular formula is C19H17N7O2. The topological polar surface area (TPSA) is 106 Å². The molecule has 0 atom stereocenters. The molecule has 2 N–H and O–H groups in total. The third kappa shape index (κ3) is 2.19. The lowest BCUT2D eigenvalue weighted by atomic mass is 10.0. The Labute approximate surface area is 158 Å². The molecule has 4 heterocycles. The Morgan fingerprint density at radius 3 is 2.68 bits per heavy atom. The second-order valence-corrected chi connectivity index (χ2v) is 6.58. The van der Waals surface area contributed by atoms with E-state index in [1.54, 1.807) is 48.1 Å². The number of nitrogens with zero attached hydrogens (tertiary/aromatic N) is 5. The number of H-pyrrole nitrogens is 2. The SMILES string of the molecule is COc1cc2ncc3c(c2cc1-c1cn[nH]c1)n(-c1cnc(C)[nH]1)c(=O)n3C. The van der Waals surface area contributed by atoms with E-state index in [1.165, 1.54) is 0 Å². The average molecular weight is 375 g/mol. The first-order valence-electron chi connectivity index (χ1n) is 8.68. The molecule has 0 amide bonds. The summed E-state index contributed by atoms with van der Waals surface area (Å²) in [4.78, 5) is 24.9. The summed E-state index contributed by atoms with van der Waals surface area (Å²) in [5.41, 5.74) is 3.79. The lowest BCUT2D eigenvalue weighted by Gasteiger charge is -2.10. The highest BCUT2D eigenvalue weighted by molar-refractivity contribution is 6.05. The highest BCUT2D eigenvalue weighted by Gasteiger charge is 2.19. The van der Waals surface area contributed by atoms with Crippen molar-refractivity contribution in [3.05, 3.63) is 53.2 Å². The maximum absolute atomic E-state index is 13.0. The molecule has 0 radical (unpaired) electrons. The van der Waals surface area contributed by atoms with Crippen LogP contribution in [-0.2, 0) is 7.05 Å². The first kappa shape index (κ1) is 16.3. The van der Waals surface area contributed by atoms with Gasteiger partial charge in [0.25, 0.3) is 0 Å². The number of aromatic nitrogens is 7. The van der Waals surface area contributed by atoms with Crippen molar-refractivity contribution < 1.29 is 4.74 Å². The van der Waals surface area contributed by atoms with Gasteiger partial charge in [-0.1, -0.05) is 0 Å². The van der Waals surface area contributed by atoms with Crippen LogP contribution in [0.3, 0.4) is 0 Å². The van der Waals surface area contributed by atoms with E-state index < -0.39 is 0 Å². The van der Waals surface area contributed by atoms with Crippen molar-refractivity contribution in [3.8, 4) is 22.7 Å². The van der Waals surface area contributed by atoms with Gasteiger partial charge in [-0.25, -0.2) is 14.3 Å². The number of benzene rings is 1. The summed E-state index contributed by atoms with van der Waals surface area (Å²) < 4.78 is 8.78. The Morgan fingerprint density at radius 2 is 2.00 bits per heavy atom. The molecule has 5 rings (SSSR count). The van der Waals surface area contributed by atoms with Crippen LogP contribution < -0.4 is 10.4 Å². The van der Waals surface area contributed by atoms with Gasteiger partial charge in [0.2, 0.25) is 0 Å². The van der Waals surface area contributed by atoms with Crippen LogP contribution in [0.4, 0.5) is 0 Å². The van der Waals surface area contributed by atoms with E-state index in [4.69, 9.17) is 4.74 Å². The number of rotatable bonds is 3. The van der Waals surface area contributed by atoms with E-state index in [-0.39, 0.29) is 5.69 Å². The highest BCUT2D eigenvalue weighted by Crippen LogP contribution is 2.35. The van der Waals surface area contributed by atoms with Gasteiger partial charge in [-0.3, -0.25) is 14.6 Å². The van der Waals surface area contributed by atoms with Gasteiger partial charge in [-0.15, -0.1) is 0 Å². The van der Waals surface area contributed by atoms with E-state index in [9.17, 15) is 4.79 Å². The Morgan fingerprint density at radius 1 is 1.14 bits per heavy atom. The lowest BCUT2D eigenvalue weighted by Crippen LogP contribution is -2.21. The summed E-state index contributed by atoms with van der Waals surface area (Å²) in [6.07, 6.45) is 6.89. The molecule has 0 bridgehead atoms. The molecule has 4 aromatic heterocycles. The minimum atomic E-state index is -0.173. The zero-order chi connectivity index (χ0) is 19.4. The molecule has 28 heavy (non-hydrogen) atoms. The summed E-state index contributed by atoms with van der Waals surface area (Å²) in [5.74, 6) is 2.03. The smallest absolute Gasteiger partial charge is 0.334 e. The molecule has 9 nitrogen and oxygen atoms in total. The number of fused-ring (bicyclic) bond motifs is 3. The molecular weight excluding hydrogens is 358 g/mol. The van der Waals surface area contributed by atoms with E-state index in [0.717, 1.165) is 38.9 Å². The first-order chi connectivity index (χ1) is 13.6. The van der Waals surface area contributed by atoms with Crippen LogP contribution in [0.5, 0.6) is 5.75 Å². The molecule has 0 saturated carbocycles. The number of hydrogen-bond donors (Lipinski definition) is 2. The zero-order valence-electron chi connectivity index (χ0n) is 15.5. The van der Waals surface area contributed by atoms with Gasteiger partial charge >= 0.3 is 5.69 Å². The molecule has 0 aliphatic carbocycles. The zero-order valence-corrected chi connectivity index (χ0v) is 15.5. The predicted octanol–water partition coefficient (Wildman–Crippen LogP) is 2.31. The maximum Gasteiger partial charge on any atom is 0.334 e. The van der Waals surface area contributed by atoms with Crippen molar-refractivity contribution in [3.63, 3.8) is 0 Å². The number of methoxy groups -OCH3 is 1. The van der Waals surface area contributed by atoms with Crippen LogP contribution in [-0.4, -0.2) is 41.4 Å². The Balaban J connectivity index is 1.95. The van der Waals surface area contributed by atoms with Crippen LogP contribution in [0.2, 0.25) is 0 Å². The predicted molar refractivity (Wildman–Crippen MR) is 105 cm³/mol. The number of imidazole rings is 2. The van der Waals surface area contributed by atoms with Crippen LogP contribution in [0.1, 0.15) is 5.82 Å². The van der Waals surface area contributed by atoms with E-state index in [1.807, 2.05) is 19.1 Å². The fourth-order valence-corrected chi connectivity index (χ4v) is 3.56. The number of aryl methyl sites for hydroxylation is 2. The summed E-state index contributed by atoms with van der Waals surface area (Å²) in [6.45, 7) is 1.85. The number of ether oxygens (including phenoxy) is 1. The van der Waals surface area contributed by atoms with Crippen molar-refractivity contribution >= 4 is 21.9 Å². The van der Waals surface area contributed by atoms with Gasteiger partial charge in [0.1, 0.15) is 17.4 Å². The fraction of sp³-hybridized carbons (Fsp3) is 0.158. The van der Waals surface area contributed by atoms with E-state index in [2.05, 4.69) is 25.1 Å². The van der Waals surface area contributed by atoms with E-state index in [0.29, 0.717) is 11.6 Å². The lowest BCUT2D eigenvalue weighted by molar-refractivity contribution is 0.417. The minimum absolute atomic E-state index is 0.173. The number of pyridine rings is 1. The summed E-state index contributed by atoms with van der Waals surface area (Å²) in [5, 5.41) is 7.69. The number of aromatic amines is 2. The molecule has 0 unspecified atom stereocenters. The second kappa shape index (κ2) is 5.81. The van der Waals surface area contributed by atoms with Gasteiger partial charge in [-0.2, -0.15) is 5.10 Å². The van der Waals surface area contributed by atoms with Gasteiger partial charge in [0.15, 0.2) is 0 Å². The summed E-state index contributed by atoms with van der Waals surface area (Å²) in [7, 11) is 3.35. The van der Waals surface area contributed by atoms with Crippen molar-refractivity contribution in [2.75, 3.05) is 7.11 Å². The minimum Gasteiger partial charge on any atom is -0.496 e. The van der Waals surface area contributed by atoms with Gasteiger partial charge in [0, 0.05) is 35.8 Å². The molecule has 0 spiro atoms. The molecule has 140 valence electrons. The second-order valence-electron chi connectivity index (χ2n) is 6.58. The fourth-order valence-electron chi connectivity index (χ4n) is 3.56. The first-order valence-corrected chi connectivity index (χ1v) is 8.68. The Kier molecular flexibility index (Phi) is 3.38. The molecule has 0 aliphatic heterocycles. The van der Waals surface area contributed by atoms with Crippen LogP contribution >= 0.6 is 0 Å². The largest absolute Gasteiger partial charge is 0.496 e. The van der Waals surface area contributed by atoms with Crippen LogP contribution in [0.25, 0.3) is 38.9 Å². The van der Waals surface area contributed by atoms with Crippen LogP contribution in [0.15, 0.2) is 41.7 Å². The number of nitrogens with one attached hydrogen (secondary N) is 2. The monoisotopic (exact) mass is 375 g/mol. The standard InChI is InChI=1S/C19H17N7O2/c1-10-20-9-17(24-10)26-18-13-4-12(11-6-22-23-7-11)16(28-3)5-14(13)21-8-15(18)25(2)19(26)27/h4-9H,1-3H3,(H,20,24)(H,22,23). The van der Waals surface area contributed by atoms with Gasteiger partial charge in [0.05, 0.1) is 42.3 Å². The van der Waals surface area contributed by atoms with Gasteiger partial charge in [-0.05, 0) is 13.0 Å². The van der Waals surface area contributed by atoms with Crippen molar-refractivity contribution in [1.29, 1.82) is 0 Å². The molecule has 1 aromatic carbocycles. The molecule has 0 saturated heterocycles. The quantitative estimate of drug-likeness (QED) is 0.503. The Hall–Kier alpha value is -3.88. The molecule has 0 aliphatic rings. The third-order valence-corrected chi connectivity index (χ3v) is 4.94. The van der Waals surface area contributed by atoms with Gasteiger partial charge < -0.3 is 9.72 Å².